The Balaban J connectivity index is 2.23. The third kappa shape index (κ3) is 3.26. The summed E-state index contributed by atoms with van der Waals surface area (Å²) in [6.45, 7) is 2.01. The van der Waals surface area contributed by atoms with Gasteiger partial charge in [0.05, 0.1) is 11.3 Å². The lowest BCUT2D eigenvalue weighted by molar-refractivity contribution is 0.100. The molecule has 2 aromatic heterocycles. The summed E-state index contributed by atoms with van der Waals surface area (Å²) in [5.74, 6) is -0.679. The molecule has 2 heterocycles. The summed E-state index contributed by atoms with van der Waals surface area (Å²) in [7, 11) is -2.42. The van der Waals surface area contributed by atoms with E-state index >= 15 is 0 Å². The fraction of sp³-hybridized carbons (Fsp3) is 0.188. The van der Waals surface area contributed by atoms with Gasteiger partial charge in [0.1, 0.15) is 10.3 Å². The van der Waals surface area contributed by atoms with Crippen molar-refractivity contribution in [2.45, 2.75) is 17.7 Å². The lowest BCUT2D eigenvalue weighted by Crippen LogP contribution is -2.18. The van der Waals surface area contributed by atoms with E-state index in [0.717, 1.165) is 29.0 Å². The normalized spacial score (nSPS) is 11.6. The number of thiazole rings is 1. The van der Waals surface area contributed by atoms with Gasteiger partial charge in [-0.25, -0.2) is 23.1 Å². The summed E-state index contributed by atoms with van der Waals surface area (Å²) >= 11 is 0.919. The molecule has 0 unspecified atom stereocenters. The summed E-state index contributed by atoms with van der Waals surface area (Å²) in [4.78, 5) is 20.6. The van der Waals surface area contributed by atoms with E-state index in [-0.39, 0.29) is 15.4 Å². The van der Waals surface area contributed by atoms with E-state index in [0.29, 0.717) is 10.5 Å². The number of aryl methyl sites for hydroxylation is 1. The second kappa shape index (κ2) is 6.98. The lowest BCUT2D eigenvalue weighted by Gasteiger charge is -2.13. The highest BCUT2D eigenvalue weighted by Crippen LogP contribution is 2.34. The van der Waals surface area contributed by atoms with Crippen LogP contribution in [0.25, 0.3) is 10.3 Å². The topological polar surface area (TPSA) is 127 Å². The highest BCUT2D eigenvalue weighted by atomic mass is 32.2. The van der Waals surface area contributed by atoms with Crippen LogP contribution in [0, 0.1) is 0 Å². The Bertz CT molecular complexity index is 1090. The number of carbonyl (C=O) groups excluding carboxylic acids is 1. The van der Waals surface area contributed by atoms with Crippen LogP contribution in [0.4, 0.5) is 11.4 Å². The van der Waals surface area contributed by atoms with Crippen LogP contribution >= 0.6 is 11.3 Å². The van der Waals surface area contributed by atoms with Crippen LogP contribution in [0.15, 0.2) is 34.8 Å². The number of rotatable bonds is 6. The van der Waals surface area contributed by atoms with E-state index in [4.69, 9.17) is 5.73 Å². The largest absolute Gasteiger partial charge is 0.365 e. The Morgan fingerprint density at radius 3 is 2.69 bits per heavy atom. The molecule has 4 N–H and O–H groups in total. The molecule has 0 radical (unpaired) electrons. The number of nitrogens with zero attached hydrogens (tertiary/aromatic N) is 2. The number of fused-ring (bicyclic) bond motifs is 1. The third-order valence-electron chi connectivity index (χ3n) is 3.83. The molecule has 3 aromatic rings. The molecule has 136 valence electrons. The average molecular weight is 391 g/mol. The fourth-order valence-electron chi connectivity index (χ4n) is 2.46. The molecular formula is C16H17N5O3S2. The van der Waals surface area contributed by atoms with E-state index < -0.39 is 15.9 Å². The zero-order valence-electron chi connectivity index (χ0n) is 14.1. The van der Waals surface area contributed by atoms with E-state index in [1.807, 2.05) is 31.2 Å². The van der Waals surface area contributed by atoms with Crippen LogP contribution in [0.1, 0.15) is 22.8 Å². The highest BCUT2D eigenvalue weighted by Gasteiger charge is 2.23. The maximum atomic E-state index is 12.1. The molecule has 26 heavy (non-hydrogen) atoms. The Morgan fingerprint density at radius 1 is 1.31 bits per heavy atom. The number of aromatic nitrogens is 2. The van der Waals surface area contributed by atoms with Crippen molar-refractivity contribution in [2.24, 2.45) is 5.73 Å². The number of amides is 1. The molecule has 1 amide bonds. The maximum Gasteiger partial charge on any atom is 0.267 e. The standard InChI is InChI=1S/C16H17N5O3S2/c1-3-9-6-4-5-7-11(9)20-12-10(14(17)22)8-19-15-13(12)21-16(25-15)26(23,24)18-2/h4-8,18H,3H2,1-2H3,(H2,17,22)(H,19,20). The summed E-state index contributed by atoms with van der Waals surface area (Å²) in [6.07, 6.45) is 2.11. The molecule has 0 fully saturated rings. The predicted octanol–water partition coefficient (Wildman–Crippen LogP) is 2.00. The number of nitrogens with two attached hydrogens (primary N) is 1. The van der Waals surface area contributed by atoms with Crippen LogP contribution in [0.3, 0.4) is 0 Å². The lowest BCUT2D eigenvalue weighted by atomic mass is 10.1. The van der Waals surface area contributed by atoms with Gasteiger partial charge in [-0.2, -0.15) is 0 Å². The molecule has 0 aliphatic heterocycles. The van der Waals surface area contributed by atoms with Crippen molar-refractivity contribution in [3.63, 3.8) is 0 Å². The van der Waals surface area contributed by atoms with Crippen molar-refractivity contribution in [2.75, 3.05) is 12.4 Å². The Morgan fingerprint density at radius 2 is 2.04 bits per heavy atom. The minimum atomic E-state index is -3.72. The molecule has 1 aromatic carbocycles. The quantitative estimate of drug-likeness (QED) is 0.590. The van der Waals surface area contributed by atoms with Gasteiger partial charge < -0.3 is 11.1 Å². The average Bonchev–Trinajstić information content (AvgIpc) is 3.07. The molecule has 0 saturated carbocycles. The number of benzene rings is 1. The fourth-order valence-corrected chi connectivity index (χ4v) is 4.42. The van der Waals surface area contributed by atoms with Gasteiger partial charge in [-0.05, 0) is 25.1 Å². The zero-order chi connectivity index (χ0) is 18.9. The van der Waals surface area contributed by atoms with Crippen molar-refractivity contribution in [1.82, 2.24) is 14.7 Å². The summed E-state index contributed by atoms with van der Waals surface area (Å²) in [5, 5.41) is 3.19. The van der Waals surface area contributed by atoms with Gasteiger partial charge in [0.15, 0.2) is 0 Å². The second-order valence-corrected chi connectivity index (χ2v) is 8.43. The molecule has 0 spiro atoms. The first-order valence-electron chi connectivity index (χ1n) is 7.75. The Labute approximate surface area is 154 Å². The summed E-state index contributed by atoms with van der Waals surface area (Å²) in [5.41, 5.74) is 8.06. The first kappa shape index (κ1) is 18.2. The Kier molecular flexibility index (Phi) is 4.90. The number of primary amides is 1. The number of para-hydroxylation sites is 1. The van der Waals surface area contributed by atoms with Gasteiger partial charge in [-0.15, -0.1) is 0 Å². The third-order valence-corrected chi connectivity index (χ3v) is 6.58. The SMILES string of the molecule is CCc1ccccc1Nc1c(C(N)=O)cnc2sc(S(=O)(=O)NC)nc12. The first-order chi connectivity index (χ1) is 12.4. The number of carbonyl (C=O) groups is 1. The van der Waals surface area contributed by atoms with Gasteiger partial charge in [0, 0.05) is 11.9 Å². The molecule has 8 nitrogen and oxygen atoms in total. The molecule has 0 aliphatic rings. The molecule has 0 atom stereocenters. The van der Waals surface area contributed by atoms with Crippen molar-refractivity contribution >= 4 is 49.0 Å². The minimum Gasteiger partial charge on any atom is -0.365 e. The smallest absolute Gasteiger partial charge is 0.267 e. The monoisotopic (exact) mass is 391 g/mol. The van der Waals surface area contributed by atoms with Gasteiger partial charge in [-0.1, -0.05) is 36.5 Å². The summed E-state index contributed by atoms with van der Waals surface area (Å²) < 4.78 is 26.2. The van der Waals surface area contributed by atoms with Gasteiger partial charge in [-0.3, -0.25) is 4.79 Å². The number of hydrogen-bond donors (Lipinski definition) is 3. The number of hydrogen-bond acceptors (Lipinski definition) is 7. The molecule has 0 aliphatic carbocycles. The Hall–Kier alpha value is -2.56. The van der Waals surface area contributed by atoms with Crippen molar-refractivity contribution in [3.05, 3.63) is 41.6 Å². The van der Waals surface area contributed by atoms with Crippen LogP contribution in [-0.4, -0.2) is 31.3 Å². The summed E-state index contributed by atoms with van der Waals surface area (Å²) in [6, 6.07) is 7.61. The zero-order valence-corrected chi connectivity index (χ0v) is 15.7. The van der Waals surface area contributed by atoms with Crippen molar-refractivity contribution in [3.8, 4) is 0 Å². The van der Waals surface area contributed by atoms with Crippen LogP contribution in [-0.2, 0) is 16.4 Å². The van der Waals surface area contributed by atoms with E-state index in [9.17, 15) is 13.2 Å². The van der Waals surface area contributed by atoms with E-state index in [1.54, 1.807) is 0 Å². The maximum absolute atomic E-state index is 12.1. The number of pyridine rings is 1. The van der Waals surface area contributed by atoms with Gasteiger partial charge >= 0.3 is 0 Å². The van der Waals surface area contributed by atoms with E-state index in [1.165, 1.54) is 13.2 Å². The van der Waals surface area contributed by atoms with Crippen molar-refractivity contribution in [1.29, 1.82) is 0 Å². The second-order valence-electron chi connectivity index (χ2n) is 5.39. The molecule has 3 rings (SSSR count). The molecule has 0 saturated heterocycles. The molecule has 10 heteroatoms. The predicted molar refractivity (Wildman–Crippen MR) is 101 cm³/mol. The minimum absolute atomic E-state index is 0.129. The number of nitrogens with one attached hydrogen (secondary N) is 2. The molecular weight excluding hydrogens is 374 g/mol. The van der Waals surface area contributed by atoms with Crippen LogP contribution < -0.4 is 15.8 Å². The molecule has 0 bridgehead atoms. The van der Waals surface area contributed by atoms with Crippen LogP contribution in [0.5, 0.6) is 0 Å². The van der Waals surface area contributed by atoms with Crippen LogP contribution in [0.2, 0.25) is 0 Å². The van der Waals surface area contributed by atoms with Gasteiger partial charge in [0.25, 0.3) is 15.9 Å². The highest BCUT2D eigenvalue weighted by molar-refractivity contribution is 7.91. The van der Waals surface area contributed by atoms with Gasteiger partial charge in [0.2, 0.25) is 4.34 Å². The number of anilines is 2. The van der Waals surface area contributed by atoms with E-state index in [2.05, 4.69) is 20.0 Å². The number of sulfonamides is 1. The first-order valence-corrected chi connectivity index (χ1v) is 10.0. The van der Waals surface area contributed by atoms with Crippen molar-refractivity contribution < 1.29 is 13.2 Å².